The Labute approximate surface area is 121 Å². The average molecular weight is 325 g/mol. The quantitative estimate of drug-likeness (QED) is 0.846. The highest BCUT2D eigenvalue weighted by Gasteiger charge is 2.13. The molecule has 0 saturated carbocycles. The minimum Gasteiger partial charge on any atom is -0.320 e. The Balaban J connectivity index is 2.46. The van der Waals surface area contributed by atoms with Crippen LogP contribution in [0.5, 0.6) is 0 Å². The van der Waals surface area contributed by atoms with Crippen LogP contribution in [-0.4, -0.2) is 0 Å². The fraction of sp³-hybridized carbons (Fsp3) is 0.200. The van der Waals surface area contributed by atoms with Crippen LogP contribution < -0.4 is 5.73 Å². The van der Waals surface area contributed by atoms with E-state index in [4.69, 9.17) is 17.3 Å². The van der Waals surface area contributed by atoms with Gasteiger partial charge < -0.3 is 5.73 Å². The summed E-state index contributed by atoms with van der Waals surface area (Å²) in [7, 11) is 0. The fourth-order valence-corrected chi connectivity index (χ4v) is 2.65. The third kappa shape index (κ3) is 2.77. The predicted octanol–water partition coefficient (Wildman–Crippen LogP) is 4.77. The summed E-state index contributed by atoms with van der Waals surface area (Å²) in [4.78, 5) is 0. The highest BCUT2D eigenvalue weighted by atomic mass is 79.9. The van der Waals surface area contributed by atoms with Crippen LogP contribution in [0.4, 0.5) is 0 Å². The van der Waals surface area contributed by atoms with Crippen molar-refractivity contribution in [3.63, 3.8) is 0 Å². The maximum atomic E-state index is 6.34. The molecule has 1 atom stereocenters. The summed E-state index contributed by atoms with van der Waals surface area (Å²) in [5.41, 5.74) is 10.7. The molecule has 0 fully saturated rings. The molecule has 2 N–H and O–H groups in total. The number of hydrogen-bond donors (Lipinski definition) is 1. The highest BCUT2D eigenvalue weighted by molar-refractivity contribution is 9.10. The molecular formula is C15H15BrClN. The van der Waals surface area contributed by atoms with Gasteiger partial charge in [0.1, 0.15) is 0 Å². The summed E-state index contributed by atoms with van der Waals surface area (Å²) in [5, 5.41) is 0.790. The molecule has 0 bridgehead atoms. The first-order valence-electron chi connectivity index (χ1n) is 5.76. The van der Waals surface area contributed by atoms with Crippen LogP contribution in [0.1, 0.15) is 28.3 Å². The van der Waals surface area contributed by atoms with Gasteiger partial charge in [0.2, 0.25) is 0 Å². The molecule has 1 unspecified atom stereocenters. The second kappa shape index (κ2) is 5.43. The highest BCUT2D eigenvalue weighted by Crippen LogP contribution is 2.28. The first-order valence-corrected chi connectivity index (χ1v) is 6.94. The largest absolute Gasteiger partial charge is 0.320 e. The minimum atomic E-state index is -0.126. The summed E-state index contributed by atoms with van der Waals surface area (Å²) in [6.07, 6.45) is 0. The fourth-order valence-electron chi connectivity index (χ4n) is 2.02. The zero-order valence-electron chi connectivity index (χ0n) is 10.4. The van der Waals surface area contributed by atoms with E-state index in [-0.39, 0.29) is 6.04 Å². The van der Waals surface area contributed by atoms with Gasteiger partial charge >= 0.3 is 0 Å². The molecule has 0 aliphatic carbocycles. The summed E-state index contributed by atoms with van der Waals surface area (Å²) in [6.45, 7) is 4.04. The van der Waals surface area contributed by atoms with E-state index >= 15 is 0 Å². The normalized spacial score (nSPS) is 12.5. The molecular weight excluding hydrogens is 310 g/mol. The molecule has 1 nitrogen and oxygen atoms in total. The standard InChI is InChI=1S/C15H15BrClN/c1-9-7-14(17)10(2)6-13(9)15(18)11-4-3-5-12(16)8-11/h3-8,15H,18H2,1-2H3. The van der Waals surface area contributed by atoms with Gasteiger partial charge in [-0.1, -0.05) is 45.7 Å². The van der Waals surface area contributed by atoms with E-state index in [2.05, 4.69) is 22.0 Å². The van der Waals surface area contributed by atoms with E-state index in [9.17, 15) is 0 Å². The van der Waals surface area contributed by atoms with E-state index < -0.39 is 0 Å². The Morgan fingerprint density at radius 1 is 1.11 bits per heavy atom. The van der Waals surface area contributed by atoms with Gasteiger partial charge in [-0.3, -0.25) is 0 Å². The molecule has 0 spiro atoms. The molecule has 2 rings (SSSR count). The van der Waals surface area contributed by atoms with Crippen molar-refractivity contribution < 1.29 is 0 Å². The topological polar surface area (TPSA) is 26.0 Å². The molecule has 0 aromatic heterocycles. The average Bonchev–Trinajstić information content (AvgIpc) is 2.33. The maximum Gasteiger partial charge on any atom is 0.0554 e. The molecule has 0 saturated heterocycles. The van der Waals surface area contributed by atoms with Crippen molar-refractivity contribution in [3.8, 4) is 0 Å². The van der Waals surface area contributed by atoms with Crippen molar-refractivity contribution in [2.75, 3.05) is 0 Å². The first-order chi connectivity index (χ1) is 8.49. The molecule has 2 aromatic carbocycles. The van der Waals surface area contributed by atoms with Crippen LogP contribution in [0.15, 0.2) is 40.9 Å². The zero-order chi connectivity index (χ0) is 13.3. The Kier molecular flexibility index (Phi) is 4.10. The second-order valence-electron chi connectivity index (χ2n) is 4.49. The van der Waals surface area contributed by atoms with E-state index in [1.165, 1.54) is 0 Å². The van der Waals surface area contributed by atoms with Gasteiger partial charge in [-0.15, -0.1) is 0 Å². The Bertz CT molecular complexity index is 581. The molecule has 0 amide bonds. The minimum absolute atomic E-state index is 0.126. The van der Waals surface area contributed by atoms with Gasteiger partial charge in [-0.2, -0.15) is 0 Å². The first kappa shape index (κ1) is 13.6. The van der Waals surface area contributed by atoms with Gasteiger partial charge in [0.05, 0.1) is 6.04 Å². The molecule has 94 valence electrons. The van der Waals surface area contributed by atoms with Gasteiger partial charge in [0.15, 0.2) is 0 Å². The third-order valence-electron chi connectivity index (χ3n) is 3.09. The lowest BCUT2D eigenvalue weighted by molar-refractivity contribution is 0.859. The molecule has 0 aliphatic rings. The molecule has 2 aromatic rings. The Morgan fingerprint density at radius 3 is 2.50 bits per heavy atom. The van der Waals surface area contributed by atoms with E-state index in [1.807, 2.05) is 44.2 Å². The number of rotatable bonds is 2. The van der Waals surface area contributed by atoms with Gasteiger partial charge in [-0.05, 0) is 54.3 Å². The Morgan fingerprint density at radius 2 is 1.83 bits per heavy atom. The maximum absolute atomic E-state index is 6.34. The van der Waals surface area contributed by atoms with Crippen LogP contribution in [0, 0.1) is 13.8 Å². The van der Waals surface area contributed by atoms with Crippen LogP contribution in [-0.2, 0) is 0 Å². The van der Waals surface area contributed by atoms with Crippen molar-refractivity contribution in [2.45, 2.75) is 19.9 Å². The van der Waals surface area contributed by atoms with Crippen LogP contribution in [0.2, 0.25) is 5.02 Å². The smallest absolute Gasteiger partial charge is 0.0554 e. The molecule has 0 heterocycles. The summed E-state index contributed by atoms with van der Waals surface area (Å²) < 4.78 is 1.04. The molecule has 18 heavy (non-hydrogen) atoms. The van der Waals surface area contributed by atoms with Crippen LogP contribution in [0.25, 0.3) is 0 Å². The third-order valence-corrected chi connectivity index (χ3v) is 3.99. The molecule has 3 heteroatoms. The lowest BCUT2D eigenvalue weighted by Crippen LogP contribution is -2.13. The van der Waals surface area contributed by atoms with Crippen molar-refractivity contribution in [1.29, 1.82) is 0 Å². The predicted molar refractivity (Wildman–Crippen MR) is 81.1 cm³/mol. The lowest BCUT2D eigenvalue weighted by Gasteiger charge is -2.17. The summed E-state index contributed by atoms with van der Waals surface area (Å²) in [6, 6.07) is 12.0. The number of halogens is 2. The monoisotopic (exact) mass is 323 g/mol. The van der Waals surface area contributed by atoms with E-state index in [0.29, 0.717) is 0 Å². The van der Waals surface area contributed by atoms with Crippen LogP contribution >= 0.6 is 27.5 Å². The summed E-state index contributed by atoms with van der Waals surface area (Å²) in [5.74, 6) is 0. The van der Waals surface area contributed by atoms with Gasteiger partial charge in [-0.25, -0.2) is 0 Å². The molecule has 0 radical (unpaired) electrons. The van der Waals surface area contributed by atoms with Gasteiger partial charge in [0.25, 0.3) is 0 Å². The zero-order valence-corrected chi connectivity index (χ0v) is 12.7. The molecule has 0 aliphatic heterocycles. The van der Waals surface area contributed by atoms with Crippen molar-refractivity contribution in [1.82, 2.24) is 0 Å². The van der Waals surface area contributed by atoms with E-state index in [1.54, 1.807) is 0 Å². The lowest BCUT2D eigenvalue weighted by atomic mass is 9.94. The number of aryl methyl sites for hydroxylation is 2. The second-order valence-corrected chi connectivity index (χ2v) is 5.81. The SMILES string of the molecule is Cc1cc(C(N)c2cccc(Br)c2)c(C)cc1Cl. The number of benzene rings is 2. The van der Waals surface area contributed by atoms with Crippen molar-refractivity contribution in [2.24, 2.45) is 5.73 Å². The van der Waals surface area contributed by atoms with Crippen molar-refractivity contribution in [3.05, 3.63) is 68.1 Å². The number of hydrogen-bond acceptors (Lipinski definition) is 1. The van der Waals surface area contributed by atoms with E-state index in [0.717, 1.165) is 31.7 Å². The van der Waals surface area contributed by atoms with Gasteiger partial charge in [0, 0.05) is 9.50 Å². The van der Waals surface area contributed by atoms with Crippen LogP contribution in [0.3, 0.4) is 0 Å². The summed E-state index contributed by atoms with van der Waals surface area (Å²) >= 11 is 9.58. The Hall–Kier alpha value is -0.830. The number of nitrogens with two attached hydrogens (primary N) is 1. The van der Waals surface area contributed by atoms with Crippen molar-refractivity contribution >= 4 is 27.5 Å².